The van der Waals surface area contributed by atoms with Gasteiger partial charge >= 0.3 is 0 Å². The van der Waals surface area contributed by atoms with Gasteiger partial charge in [0, 0.05) is 13.5 Å². The molecule has 118 valence electrons. The first-order chi connectivity index (χ1) is 10.6. The van der Waals surface area contributed by atoms with Crippen molar-refractivity contribution in [3.05, 3.63) is 18.3 Å². The maximum Gasteiger partial charge on any atom is 0.224 e. The molecule has 0 aliphatic heterocycles. The van der Waals surface area contributed by atoms with E-state index < -0.39 is 0 Å². The number of carbonyl (C=O) groups is 1. The number of carbonyl (C=O) groups excluding carboxylic acids is 1. The van der Waals surface area contributed by atoms with Gasteiger partial charge in [-0.1, -0.05) is 25.7 Å². The standard InChI is InChI=1S/C15H22N6O/c1-11-14(15(20(2)19-11)21-10-16-9-17-21)18-13(22)8-7-12-5-3-4-6-12/h9-10,12H,3-8H2,1-2H3,(H,18,22). The highest BCUT2D eigenvalue weighted by Crippen LogP contribution is 2.29. The molecule has 2 heterocycles. The fraction of sp³-hybridized carbons (Fsp3) is 0.600. The van der Waals surface area contributed by atoms with Gasteiger partial charge in [-0.25, -0.2) is 14.3 Å². The summed E-state index contributed by atoms with van der Waals surface area (Å²) in [5.74, 6) is 1.49. The molecule has 0 bridgehead atoms. The Morgan fingerprint density at radius 1 is 1.41 bits per heavy atom. The van der Waals surface area contributed by atoms with Crippen molar-refractivity contribution in [1.29, 1.82) is 0 Å². The van der Waals surface area contributed by atoms with Crippen LogP contribution in [0.3, 0.4) is 0 Å². The molecule has 1 fully saturated rings. The third-order valence-electron chi connectivity index (χ3n) is 4.35. The average molecular weight is 302 g/mol. The number of hydrogen-bond acceptors (Lipinski definition) is 4. The van der Waals surface area contributed by atoms with Crippen LogP contribution in [0.5, 0.6) is 0 Å². The first-order valence-corrected chi connectivity index (χ1v) is 7.83. The molecule has 22 heavy (non-hydrogen) atoms. The Bertz CT molecular complexity index is 639. The van der Waals surface area contributed by atoms with Crippen molar-refractivity contribution in [3.8, 4) is 5.82 Å². The highest BCUT2D eigenvalue weighted by molar-refractivity contribution is 5.93. The van der Waals surface area contributed by atoms with Gasteiger partial charge in [-0.3, -0.25) is 4.79 Å². The maximum atomic E-state index is 12.3. The number of rotatable bonds is 5. The summed E-state index contributed by atoms with van der Waals surface area (Å²) < 4.78 is 3.32. The molecule has 1 saturated carbocycles. The lowest BCUT2D eigenvalue weighted by Gasteiger charge is -2.10. The Morgan fingerprint density at radius 2 is 2.18 bits per heavy atom. The van der Waals surface area contributed by atoms with Crippen LogP contribution in [0.2, 0.25) is 0 Å². The second kappa shape index (κ2) is 6.29. The summed E-state index contributed by atoms with van der Waals surface area (Å²) in [6, 6.07) is 0. The van der Waals surface area contributed by atoms with Crippen molar-refractivity contribution in [2.75, 3.05) is 5.32 Å². The molecule has 1 aliphatic carbocycles. The number of aromatic nitrogens is 5. The van der Waals surface area contributed by atoms with E-state index in [0.717, 1.165) is 23.9 Å². The van der Waals surface area contributed by atoms with Gasteiger partial charge in [0.1, 0.15) is 18.3 Å². The zero-order chi connectivity index (χ0) is 15.5. The van der Waals surface area contributed by atoms with Crippen LogP contribution >= 0.6 is 0 Å². The summed E-state index contributed by atoms with van der Waals surface area (Å²) in [4.78, 5) is 16.2. The fourth-order valence-electron chi connectivity index (χ4n) is 3.21. The largest absolute Gasteiger partial charge is 0.321 e. The van der Waals surface area contributed by atoms with E-state index in [0.29, 0.717) is 12.1 Å². The first-order valence-electron chi connectivity index (χ1n) is 7.83. The topological polar surface area (TPSA) is 77.6 Å². The van der Waals surface area contributed by atoms with E-state index in [4.69, 9.17) is 0 Å². The molecule has 0 radical (unpaired) electrons. The predicted molar refractivity (Wildman–Crippen MR) is 82.7 cm³/mol. The maximum absolute atomic E-state index is 12.3. The molecule has 2 aromatic heterocycles. The number of nitrogens with one attached hydrogen (secondary N) is 1. The van der Waals surface area contributed by atoms with Crippen LogP contribution < -0.4 is 5.32 Å². The third kappa shape index (κ3) is 3.03. The minimum atomic E-state index is 0.0457. The number of hydrogen-bond donors (Lipinski definition) is 1. The monoisotopic (exact) mass is 302 g/mol. The molecule has 1 amide bonds. The molecule has 3 rings (SSSR count). The normalized spacial score (nSPS) is 15.4. The van der Waals surface area contributed by atoms with Gasteiger partial charge in [0.2, 0.25) is 5.91 Å². The van der Waals surface area contributed by atoms with Gasteiger partial charge in [0.05, 0.1) is 5.69 Å². The molecule has 7 heteroatoms. The summed E-state index contributed by atoms with van der Waals surface area (Å²) in [7, 11) is 1.83. The number of amides is 1. The molecule has 7 nitrogen and oxygen atoms in total. The second-order valence-corrected chi connectivity index (χ2v) is 5.99. The second-order valence-electron chi connectivity index (χ2n) is 5.99. The first kappa shape index (κ1) is 14.7. The number of nitrogens with zero attached hydrogens (tertiary/aromatic N) is 5. The number of anilines is 1. The highest BCUT2D eigenvalue weighted by Gasteiger charge is 2.20. The van der Waals surface area contributed by atoms with Crippen LogP contribution in [-0.4, -0.2) is 30.5 Å². The quantitative estimate of drug-likeness (QED) is 0.918. The lowest BCUT2D eigenvalue weighted by Crippen LogP contribution is -2.15. The van der Waals surface area contributed by atoms with Gasteiger partial charge in [-0.05, 0) is 19.3 Å². The van der Waals surface area contributed by atoms with Gasteiger partial charge < -0.3 is 5.32 Å². The van der Waals surface area contributed by atoms with Crippen molar-refractivity contribution in [2.45, 2.75) is 45.4 Å². The molecule has 1 N–H and O–H groups in total. The summed E-state index contributed by atoms with van der Waals surface area (Å²) in [6.45, 7) is 1.88. The summed E-state index contributed by atoms with van der Waals surface area (Å²) >= 11 is 0. The minimum absolute atomic E-state index is 0.0457. The zero-order valence-corrected chi connectivity index (χ0v) is 13.1. The van der Waals surface area contributed by atoms with E-state index in [9.17, 15) is 4.79 Å². The Hall–Kier alpha value is -2.18. The zero-order valence-electron chi connectivity index (χ0n) is 13.1. The van der Waals surface area contributed by atoms with Crippen molar-refractivity contribution in [2.24, 2.45) is 13.0 Å². The Kier molecular flexibility index (Phi) is 4.22. The van der Waals surface area contributed by atoms with Crippen molar-refractivity contribution >= 4 is 11.6 Å². The summed E-state index contributed by atoms with van der Waals surface area (Å²) in [5.41, 5.74) is 1.49. The predicted octanol–water partition coefficient (Wildman–Crippen LogP) is 2.22. The molecule has 2 aromatic rings. The highest BCUT2D eigenvalue weighted by atomic mass is 16.1. The number of aryl methyl sites for hydroxylation is 2. The van der Waals surface area contributed by atoms with E-state index >= 15 is 0 Å². The average Bonchev–Trinajstić information content (AvgIpc) is 3.20. The van der Waals surface area contributed by atoms with Crippen molar-refractivity contribution in [1.82, 2.24) is 24.5 Å². The van der Waals surface area contributed by atoms with E-state index in [1.807, 2.05) is 14.0 Å². The Morgan fingerprint density at radius 3 is 2.86 bits per heavy atom. The fourth-order valence-corrected chi connectivity index (χ4v) is 3.21. The minimum Gasteiger partial charge on any atom is -0.321 e. The molecular weight excluding hydrogens is 280 g/mol. The molecule has 0 saturated heterocycles. The van der Waals surface area contributed by atoms with E-state index in [2.05, 4.69) is 20.5 Å². The SMILES string of the molecule is Cc1nn(C)c(-n2cncn2)c1NC(=O)CCC1CCCC1. The summed E-state index contributed by atoms with van der Waals surface area (Å²) in [6.07, 6.45) is 9.76. The van der Waals surface area contributed by atoms with Crippen LogP contribution in [0.1, 0.15) is 44.2 Å². The Labute approximate surface area is 129 Å². The van der Waals surface area contributed by atoms with Crippen LogP contribution in [0.15, 0.2) is 12.7 Å². The molecule has 0 atom stereocenters. The van der Waals surface area contributed by atoms with E-state index in [1.54, 1.807) is 15.7 Å². The van der Waals surface area contributed by atoms with Crippen LogP contribution in [0.25, 0.3) is 5.82 Å². The van der Waals surface area contributed by atoms with Crippen molar-refractivity contribution in [3.63, 3.8) is 0 Å². The molecule has 0 unspecified atom stereocenters. The van der Waals surface area contributed by atoms with E-state index in [1.165, 1.54) is 32.0 Å². The molecular formula is C15H22N6O. The van der Waals surface area contributed by atoms with Crippen LogP contribution in [-0.2, 0) is 11.8 Å². The third-order valence-corrected chi connectivity index (χ3v) is 4.35. The summed E-state index contributed by atoms with van der Waals surface area (Å²) in [5, 5.41) is 11.5. The molecule has 1 aliphatic rings. The molecule has 0 aromatic carbocycles. The van der Waals surface area contributed by atoms with Crippen LogP contribution in [0, 0.1) is 12.8 Å². The van der Waals surface area contributed by atoms with Gasteiger partial charge in [-0.15, -0.1) is 0 Å². The Balaban J connectivity index is 1.70. The van der Waals surface area contributed by atoms with Crippen LogP contribution in [0.4, 0.5) is 5.69 Å². The smallest absolute Gasteiger partial charge is 0.224 e. The lowest BCUT2D eigenvalue weighted by atomic mass is 10.0. The van der Waals surface area contributed by atoms with E-state index in [-0.39, 0.29) is 5.91 Å². The van der Waals surface area contributed by atoms with Gasteiger partial charge in [0.15, 0.2) is 5.82 Å². The lowest BCUT2D eigenvalue weighted by molar-refractivity contribution is -0.116. The van der Waals surface area contributed by atoms with Gasteiger partial charge in [0.25, 0.3) is 0 Å². The molecule has 0 spiro atoms. The van der Waals surface area contributed by atoms with Gasteiger partial charge in [-0.2, -0.15) is 10.2 Å². The van der Waals surface area contributed by atoms with Crippen molar-refractivity contribution < 1.29 is 4.79 Å².